The van der Waals surface area contributed by atoms with E-state index in [0.717, 1.165) is 51.6 Å². The van der Waals surface area contributed by atoms with Crippen molar-refractivity contribution in [2.45, 2.75) is 47.3 Å². The predicted octanol–water partition coefficient (Wildman–Crippen LogP) is 13.8. The second-order valence-electron chi connectivity index (χ2n) is 27.2. The molecule has 6 heterocycles. The number of anilines is 9. The van der Waals surface area contributed by atoms with Crippen LogP contribution >= 0.6 is 34.8 Å². The Balaban J connectivity index is 0.000000162. The molecule has 0 aliphatic carbocycles. The minimum atomic E-state index is -4.15. The number of fused-ring (bicyclic) bond motifs is 3. The molecule has 16 N–H and O–H groups in total. The highest BCUT2D eigenvalue weighted by atomic mass is 35.5. The third-order valence-electron chi connectivity index (χ3n) is 18.9. The zero-order valence-electron chi connectivity index (χ0n) is 63.7. The van der Waals surface area contributed by atoms with Crippen molar-refractivity contribution in [1.29, 1.82) is 0 Å². The van der Waals surface area contributed by atoms with Gasteiger partial charge in [0, 0.05) is 128 Å². The average Bonchev–Trinajstić information content (AvgIpc) is 0.789. The molecule has 15 rings (SSSR count). The molecule has 121 heavy (non-hydrogen) atoms. The van der Waals surface area contributed by atoms with Gasteiger partial charge in [-0.3, -0.25) is 42.9 Å². The van der Waals surface area contributed by atoms with Crippen molar-refractivity contribution in [2.24, 2.45) is 0 Å². The Morgan fingerprint density at radius 1 is 0.380 bits per heavy atom. The number of aromatic nitrogens is 3. The summed E-state index contributed by atoms with van der Waals surface area (Å²) in [6.07, 6.45) is 6.59. The van der Waals surface area contributed by atoms with E-state index in [0.29, 0.717) is 106 Å². The van der Waals surface area contributed by atoms with Crippen LogP contribution in [-0.4, -0.2) is 106 Å². The van der Waals surface area contributed by atoms with Gasteiger partial charge in [0.05, 0.1) is 37.6 Å². The minimum absolute atomic E-state index is 0.0957. The summed E-state index contributed by atoms with van der Waals surface area (Å²) in [5.41, 5.74) is 36.1. The summed E-state index contributed by atoms with van der Waals surface area (Å²) in [6, 6.07) is 50.6. The molecule has 3 aromatic heterocycles. The fourth-order valence-electron chi connectivity index (χ4n) is 13.0. The van der Waals surface area contributed by atoms with Crippen LogP contribution in [0.5, 0.6) is 0 Å². The van der Waals surface area contributed by atoms with Gasteiger partial charge < -0.3 is 49.5 Å². The molecule has 0 saturated heterocycles. The standard InChI is InChI=1S/C29H26FN5O4S.C28H23ClFN5O4S.C26H22FN5O3S.C2H2Cl2O/c1-2-27(36)34-20-4-3-5-21(14-20)35-40(38,39)22-7-9-23(26(30)15-22)19-13-25(28(31)33-16-19)17-6-8-24-18(12-17)10-11-32-29(24)37;29-14-26(36)34-19-2-1-3-20(12-19)35-40(38,39)21-5-7-22(25(30)13-21)18-11-24(27(31)33-15-18)16-4-6-23-17(10-16)8-9-32-28(23)37;27-24-13-20(36(34,35)32-19-3-1-2-18(28)12-19)5-7-21(24)17-11-23(25(29)31-14-17)15-4-6-22-16(10-15)8-9-30-26(22)33;3-1-2(4)5/h3-9,12-16,35H,2,10-11H2,1H3,(H2,31,33)(H,32,37)(H,34,36);1-7,10-13,15,35H,8-9,14H2,(H2,31,33)(H,32,37)(H,34,36);1-7,10-14,32H,8-9,28H2,(H2,29,31)(H,30,33);1H2. The van der Waals surface area contributed by atoms with E-state index in [1.54, 1.807) is 104 Å². The molecule has 12 aromatic rings. The van der Waals surface area contributed by atoms with E-state index < -0.39 is 58.7 Å². The lowest BCUT2D eigenvalue weighted by Gasteiger charge is -2.18. The molecule has 620 valence electrons. The van der Waals surface area contributed by atoms with Crippen molar-refractivity contribution < 1.29 is 67.2 Å². The summed E-state index contributed by atoms with van der Waals surface area (Å²) in [6.45, 7) is 3.33. The van der Waals surface area contributed by atoms with Crippen LogP contribution in [0.1, 0.15) is 61.1 Å². The van der Waals surface area contributed by atoms with Gasteiger partial charge in [0.1, 0.15) is 40.8 Å². The lowest BCUT2D eigenvalue weighted by Crippen LogP contribution is -2.31. The van der Waals surface area contributed by atoms with Crippen molar-refractivity contribution >= 4 is 151 Å². The summed E-state index contributed by atoms with van der Waals surface area (Å²) in [7, 11) is -12.3. The molecule has 0 fully saturated rings. The van der Waals surface area contributed by atoms with Gasteiger partial charge in [-0.05, 0) is 192 Å². The third kappa shape index (κ3) is 21.2. The first-order valence-electron chi connectivity index (χ1n) is 36.7. The van der Waals surface area contributed by atoms with Crippen molar-refractivity contribution in [3.8, 4) is 66.8 Å². The van der Waals surface area contributed by atoms with E-state index in [-0.39, 0.29) is 108 Å². The van der Waals surface area contributed by atoms with Gasteiger partial charge in [0.25, 0.3) is 47.8 Å². The molecule has 0 spiro atoms. The summed E-state index contributed by atoms with van der Waals surface area (Å²) in [5.74, 6) is -2.92. The first kappa shape index (κ1) is 86.9. The molecular formula is C85H73Cl3F3N15O12S3. The minimum Gasteiger partial charge on any atom is -0.399 e. The zero-order chi connectivity index (χ0) is 86.6. The van der Waals surface area contributed by atoms with Gasteiger partial charge >= 0.3 is 0 Å². The molecule has 0 unspecified atom stereocenters. The Labute approximate surface area is 707 Å². The Morgan fingerprint density at radius 2 is 0.686 bits per heavy atom. The summed E-state index contributed by atoms with van der Waals surface area (Å²) in [5, 5.41) is 13.1. The van der Waals surface area contributed by atoms with Crippen molar-refractivity contribution in [3.05, 3.63) is 270 Å². The molecular weight excluding hydrogens is 1680 g/mol. The van der Waals surface area contributed by atoms with Crippen molar-refractivity contribution in [1.82, 2.24) is 30.9 Å². The summed E-state index contributed by atoms with van der Waals surface area (Å²) in [4.78, 5) is 80.7. The number of nitrogens with two attached hydrogens (primary N) is 4. The largest absolute Gasteiger partial charge is 0.399 e. The number of pyridine rings is 3. The second kappa shape index (κ2) is 37.7. The number of nitrogen functional groups attached to an aromatic ring is 4. The lowest BCUT2D eigenvalue weighted by molar-refractivity contribution is -0.116. The van der Waals surface area contributed by atoms with E-state index in [2.05, 4.69) is 55.7 Å². The number of benzene rings is 9. The van der Waals surface area contributed by atoms with Gasteiger partial charge in [-0.25, -0.2) is 53.4 Å². The Hall–Kier alpha value is -13.4. The highest BCUT2D eigenvalue weighted by molar-refractivity contribution is 7.93. The quantitative estimate of drug-likeness (QED) is 0.0191. The molecule has 0 radical (unpaired) electrons. The maximum absolute atomic E-state index is 15.3. The van der Waals surface area contributed by atoms with Crippen LogP contribution < -0.4 is 63.7 Å². The van der Waals surface area contributed by atoms with Crippen LogP contribution in [0, 0.1) is 17.5 Å². The van der Waals surface area contributed by atoms with Crippen molar-refractivity contribution in [2.75, 3.05) is 79.1 Å². The predicted molar refractivity (Wildman–Crippen MR) is 463 cm³/mol. The molecule has 0 bridgehead atoms. The highest BCUT2D eigenvalue weighted by Gasteiger charge is 2.26. The summed E-state index contributed by atoms with van der Waals surface area (Å²) < 4.78 is 130. The molecule has 9 aromatic carbocycles. The van der Waals surface area contributed by atoms with Gasteiger partial charge in [0.15, 0.2) is 0 Å². The molecule has 0 atom stereocenters. The van der Waals surface area contributed by atoms with Gasteiger partial charge in [-0.2, -0.15) is 0 Å². The van der Waals surface area contributed by atoms with Crippen molar-refractivity contribution in [3.63, 3.8) is 0 Å². The number of carbonyl (C=O) groups excluding carboxylic acids is 6. The smallest absolute Gasteiger partial charge is 0.261 e. The number of amides is 5. The topological polar surface area (TPSA) is 444 Å². The monoisotopic (exact) mass is 1750 g/mol. The van der Waals surface area contributed by atoms with E-state index >= 15 is 13.2 Å². The van der Waals surface area contributed by atoms with E-state index in [1.165, 1.54) is 85.3 Å². The van der Waals surface area contributed by atoms with E-state index in [4.69, 9.17) is 57.7 Å². The highest BCUT2D eigenvalue weighted by Crippen LogP contribution is 2.39. The number of rotatable bonds is 20. The number of halogens is 6. The van der Waals surface area contributed by atoms with E-state index in [1.807, 2.05) is 18.2 Å². The normalized spacial score (nSPS) is 12.7. The fourth-order valence-corrected chi connectivity index (χ4v) is 16.3. The number of nitrogens with zero attached hydrogens (tertiary/aromatic N) is 3. The van der Waals surface area contributed by atoms with Gasteiger partial charge in [-0.15, -0.1) is 23.2 Å². The number of sulfonamides is 3. The number of carbonyl (C=O) groups is 6. The number of hydrogen-bond acceptors (Lipinski definition) is 19. The fraction of sp³-hybridized carbons (Fsp3) is 0.118. The summed E-state index contributed by atoms with van der Waals surface area (Å²) >= 11 is 15.0. The van der Waals surface area contributed by atoms with Crippen LogP contribution in [0.3, 0.4) is 0 Å². The van der Waals surface area contributed by atoms with Crippen LogP contribution in [-0.2, 0) is 63.7 Å². The van der Waals surface area contributed by atoms with E-state index in [9.17, 15) is 54.0 Å². The Morgan fingerprint density at radius 3 is 0.992 bits per heavy atom. The van der Waals surface area contributed by atoms with Crippen LogP contribution in [0.25, 0.3) is 66.8 Å². The first-order valence-corrected chi connectivity index (χ1v) is 42.6. The average molecular weight is 1760 g/mol. The second-order valence-corrected chi connectivity index (χ2v) is 33.2. The SMILES string of the molecule is CCC(=O)Nc1cccc(NS(=O)(=O)c2ccc(-c3cnc(N)c(-c4ccc5c(c4)CCNC5=O)c3)c(F)c2)c1.Nc1cccc(NS(=O)(=O)c2ccc(-c3cnc(N)c(-c4ccc5c(c4)CCNC5=O)c3)c(F)c2)c1.Nc1ncc(-c2ccc(S(=O)(=O)Nc3cccc(NC(=O)CCl)c3)cc2F)cc1-c1ccc2c(c1)CCNC2=O.O=C(Cl)CCl. The van der Waals surface area contributed by atoms with Crippen LogP contribution in [0.2, 0.25) is 0 Å². The number of hydrogen-bond donors (Lipinski definition) is 12. The first-order chi connectivity index (χ1) is 57.8. The van der Waals surface area contributed by atoms with Crippen LogP contribution in [0.15, 0.2) is 233 Å². The van der Waals surface area contributed by atoms with Crippen LogP contribution in [0.4, 0.5) is 64.7 Å². The zero-order valence-corrected chi connectivity index (χ0v) is 68.4. The number of alkyl halides is 2. The molecule has 27 nitrogen and oxygen atoms in total. The third-order valence-corrected chi connectivity index (χ3v) is 23.8. The van der Waals surface area contributed by atoms with Gasteiger partial charge in [0.2, 0.25) is 17.1 Å². The molecule has 0 saturated carbocycles. The lowest BCUT2D eigenvalue weighted by atomic mass is 9.94. The molecule has 36 heteroatoms. The number of nitrogens with one attached hydrogen (secondary N) is 8. The molecule has 5 amide bonds. The maximum atomic E-state index is 15.3. The van der Waals surface area contributed by atoms with Gasteiger partial charge in [-0.1, -0.05) is 79.7 Å². The maximum Gasteiger partial charge on any atom is 0.261 e. The molecule has 3 aliphatic heterocycles. The Bertz CT molecular complexity index is 6240. The molecule has 3 aliphatic rings. The Kier molecular flexibility index (Phi) is 27.0.